The molecule has 4 heteroatoms. The summed E-state index contributed by atoms with van der Waals surface area (Å²) in [5.41, 5.74) is 0.624. The molecule has 1 aliphatic rings. The van der Waals surface area contributed by atoms with Gasteiger partial charge in [0.2, 0.25) is 0 Å². The number of hydrogen-bond donors (Lipinski definition) is 1. The van der Waals surface area contributed by atoms with E-state index in [1.54, 1.807) is 6.07 Å². The minimum atomic E-state index is -4.28. The summed E-state index contributed by atoms with van der Waals surface area (Å²) in [5, 5.41) is 3.30. The molecule has 0 spiro atoms. The van der Waals surface area contributed by atoms with Gasteiger partial charge in [0.1, 0.15) is 0 Å². The summed E-state index contributed by atoms with van der Waals surface area (Å²) in [6.07, 6.45) is -3.48. The number of hydrogen-bond acceptors (Lipinski definition) is 1. The second kappa shape index (κ2) is 3.65. The number of alkyl halides is 3. The minimum Gasteiger partial charge on any atom is -0.380 e. The largest absolute Gasteiger partial charge is 0.416 e. The lowest BCUT2D eigenvalue weighted by Gasteiger charge is -2.43. The summed E-state index contributed by atoms with van der Waals surface area (Å²) in [4.78, 5) is 0. The first-order valence-corrected chi connectivity index (χ1v) is 6.01. The van der Waals surface area contributed by atoms with Crippen molar-refractivity contribution in [1.29, 1.82) is 0 Å². The SMILES string of the molecule is CC1(C)CC(C)(C)c2cc(C(F)(F)F)ccc2N1. The van der Waals surface area contributed by atoms with Crippen LogP contribution >= 0.6 is 0 Å². The van der Waals surface area contributed by atoms with E-state index in [4.69, 9.17) is 0 Å². The van der Waals surface area contributed by atoms with Crippen LogP contribution in [0.25, 0.3) is 0 Å². The molecule has 0 saturated heterocycles. The Morgan fingerprint density at radius 2 is 1.72 bits per heavy atom. The zero-order valence-electron chi connectivity index (χ0n) is 11.1. The molecule has 0 saturated carbocycles. The Balaban J connectivity index is 2.54. The summed E-state index contributed by atoms with van der Waals surface area (Å²) in [6, 6.07) is 3.96. The van der Waals surface area contributed by atoms with Crippen LogP contribution in [0.4, 0.5) is 18.9 Å². The van der Waals surface area contributed by atoms with Gasteiger partial charge >= 0.3 is 6.18 Å². The fourth-order valence-electron chi connectivity index (χ4n) is 3.00. The van der Waals surface area contributed by atoms with Crippen molar-refractivity contribution in [2.24, 2.45) is 0 Å². The van der Waals surface area contributed by atoms with Crippen LogP contribution in [0, 0.1) is 0 Å². The molecule has 0 bridgehead atoms. The highest BCUT2D eigenvalue weighted by Crippen LogP contribution is 2.44. The Hall–Kier alpha value is -1.19. The predicted molar refractivity (Wildman–Crippen MR) is 66.8 cm³/mol. The molecule has 0 radical (unpaired) electrons. The van der Waals surface area contributed by atoms with Gasteiger partial charge in [-0.3, -0.25) is 0 Å². The quantitative estimate of drug-likeness (QED) is 0.717. The Morgan fingerprint density at radius 1 is 1.11 bits per heavy atom. The van der Waals surface area contributed by atoms with E-state index < -0.39 is 11.7 Å². The van der Waals surface area contributed by atoms with Crippen LogP contribution in [0.3, 0.4) is 0 Å². The van der Waals surface area contributed by atoms with Crippen LogP contribution in [-0.2, 0) is 11.6 Å². The molecule has 2 rings (SSSR count). The summed E-state index contributed by atoms with van der Waals surface area (Å²) in [7, 11) is 0. The van der Waals surface area contributed by atoms with Crippen molar-refractivity contribution in [2.75, 3.05) is 5.32 Å². The van der Waals surface area contributed by atoms with E-state index in [1.807, 2.05) is 13.8 Å². The van der Waals surface area contributed by atoms with Crippen LogP contribution in [0.5, 0.6) is 0 Å². The third kappa shape index (κ3) is 2.33. The molecular weight excluding hydrogens is 239 g/mol. The van der Waals surface area contributed by atoms with Gasteiger partial charge in [0.25, 0.3) is 0 Å². The molecule has 1 N–H and O–H groups in total. The molecule has 0 aliphatic carbocycles. The molecule has 0 aromatic heterocycles. The van der Waals surface area contributed by atoms with E-state index in [1.165, 1.54) is 6.07 Å². The van der Waals surface area contributed by atoms with E-state index in [9.17, 15) is 13.2 Å². The fourth-order valence-corrected chi connectivity index (χ4v) is 3.00. The highest BCUT2D eigenvalue weighted by atomic mass is 19.4. The Bertz CT molecular complexity index is 472. The average molecular weight is 257 g/mol. The molecule has 0 unspecified atom stereocenters. The lowest BCUT2D eigenvalue weighted by atomic mass is 9.71. The molecule has 0 fully saturated rings. The van der Waals surface area contributed by atoms with Crippen LogP contribution < -0.4 is 5.32 Å². The summed E-state index contributed by atoms with van der Waals surface area (Å²) in [5.74, 6) is 0. The van der Waals surface area contributed by atoms with Crippen molar-refractivity contribution in [3.8, 4) is 0 Å². The molecular formula is C14H18F3N. The third-order valence-electron chi connectivity index (χ3n) is 3.43. The summed E-state index contributed by atoms with van der Waals surface area (Å²) < 4.78 is 38.2. The second-order valence-electron chi connectivity index (χ2n) is 6.33. The van der Waals surface area contributed by atoms with Crippen molar-refractivity contribution in [1.82, 2.24) is 0 Å². The number of benzene rings is 1. The van der Waals surface area contributed by atoms with Gasteiger partial charge in [0, 0.05) is 11.2 Å². The van der Waals surface area contributed by atoms with Crippen LogP contribution in [0.15, 0.2) is 18.2 Å². The van der Waals surface area contributed by atoms with E-state index in [-0.39, 0.29) is 11.0 Å². The van der Waals surface area contributed by atoms with Crippen molar-refractivity contribution in [2.45, 2.75) is 51.2 Å². The number of nitrogens with one attached hydrogen (secondary N) is 1. The van der Waals surface area contributed by atoms with Crippen molar-refractivity contribution in [3.63, 3.8) is 0 Å². The van der Waals surface area contributed by atoms with E-state index >= 15 is 0 Å². The Kier molecular flexibility index (Phi) is 2.69. The average Bonchev–Trinajstić information content (AvgIpc) is 2.12. The zero-order chi connectivity index (χ0) is 13.8. The molecule has 0 atom stereocenters. The monoisotopic (exact) mass is 257 g/mol. The molecule has 1 heterocycles. The maximum Gasteiger partial charge on any atom is 0.416 e. The minimum absolute atomic E-state index is 0.101. The first kappa shape index (κ1) is 13.2. The molecule has 18 heavy (non-hydrogen) atoms. The second-order valence-corrected chi connectivity index (χ2v) is 6.33. The lowest BCUT2D eigenvalue weighted by Crippen LogP contribution is -2.43. The summed E-state index contributed by atoms with van der Waals surface area (Å²) >= 11 is 0. The molecule has 1 aliphatic heterocycles. The lowest BCUT2D eigenvalue weighted by molar-refractivity contribution is -0.137. The zero-order valence-corrected chi connectivity index (χ0v) is 11.1. The molecule has 1 nitrogen and oxygen atoms in total. The van der Waals surface area contributed by atoms with Crippen LogP contribution in [0.1, 0.15) is 45.2 Å². The van der Waals surface area contributed by atoms with Crippen LogP contribution in [0.2, 0.25) is 0 Å². The van der Waals surface area contributed by atoms with E-state index in [0.717, 1.165) is 23.7 Å². The first-order chi connectivity index (χ1) is 8.01. The normalized spacial score (nSPS) is 21.1. The van der Waals surface area contributed by atoms with Gasteiger partial charge in [-0.25, -0.2) is 0 Å². The maximum absolute atomic E-state index is 12.7. The summed E-state index contributed by atoms with van der Waals surface area (Å²) in [6.45, 7) is 8.12. The smallest absolute Gasteiger partial charge is 0.380 e. The van der Waals surface area contributed by atoms with E-state index in [2.05, 4.69) is 19.2 Å². The van der Waals surface area contributed by atoms with Gasteiger partial charge in [-0.2, -0.15) is 13.2 Å². The molecule has 100 valence electrons. The molecule has 0 amide bonds. The standard InChI is InChI=1S/C14H18F3N/c1-12(2)8-13(3,4)18-11-6-5-9(7-10(11)12)14(15,16)17/h5-7,18H,8H2,1-4H3. The first-order valence-electron chi connectivity index (χ1n) is 6.01. The van der Waals surface area contributed by atoms with Gasteiger partial charge in [0.15, 0.2) is 0 Å². The number of rotatable bonds is 0. The molecule has 1 aromatic carbocycles. The highest BCUT2D eigenvalue weighted by molar-refractivity contribution is 5.60. The fraction of sp³-hybridized carbons (Fsp3) is 0.571. The number of anilines is 1. The van der Waals surface area contributed by atoms with Gasteiger partial charge in [-0.15, -0.1) is 0 Å². The van der Waals surface area contributed by atoms with Gasteiger partial charge < -0.3 is 5.32 Å². The molecule has 1 aromatic rings. The number of halogens is 3. The Morgan fingerprint density at radius 3 is 2.28 bits per heavy atom. The highest BCUT2D eigenvalue weighted by Gasteiger charge is 2.39. The van der Waals surface area contributed by atoms with Crippen LogP contribution in [-0.4, -0.2) is 5.54 Å². The number of fused-ring (bicyclic) bond motifs is 1. The maximum atomic E-state index is 12.7. The van der Waals surface area contributed by atoms with Crippen molar-refractivity contribution >= 4 is 5.69 Å². The topological polar surface area (TPSA) is 12.0 Å². The van der Waals surface area contributed by atoms with Gasteiger partial charge in [0.05, 0.1) is 5.56 Å². The van der Waals surface area contributed by atoms with Gasteiger partial charge in [-0.05, 0) is 49.4 Å². The van der Waals surface area contributed by atoms with E-state index in [0.29, 0.717) is 0 Å². The van der Waals surface area contributed by atoms with Crippen molar-refractivity contribution < 1.29 is 13.2 Å². The Labute approximate surface area is 105 Å². The predicted octanol–water partition coefficient (Wildman–Crippen LogP) is 4.58. The van der Waals surface area contributed by atoms with Gasteiger partial charge in [-0.1, -0.05) is 13.8 Å². The third-order valence-corrected chi connectivity index (χ3v) is 3.43. The van der Waals surface area contributed by atoms with Crippen molar-refractivity contribution in [3.05, 3.63) is 29.3 Å².